The minimum absolute atomic E-state index is 0.112. The number of benzene rings is 2. The largest absolute Gasteiger partial charge is 0.397 e. The lowest BCUT2D eigenvalue weighted by atomic mass is 9.92. The second-order valence-corrected chi connectivity index (χ2v) is 9.30. The lowest BCUT2D eigenvalue weighted by molar-refractivity contribution is 0.103. The van der Waals surface area contributed by atoms with Gasteiger partial charge in [-0.05, 0) is 42.4 Å². The Morgan fingerprint density at radius 2 is 1.97 bits per heavy atom. The third-order valence-corrected chi connectivity index (χ3v) is 7.03. The van der Waals surface area contributed by atoms with E-state index in [1.807, 2.05) is 24.3 Å². The van der Waals surface area contributed by atoms with Crippen LogP contribution in [0.5, 0.6) is 0 Å². The number of hydrogen-bond donors (Lipinski definition) is 2. The molecular weight excluding hydrogens is 447 g/mol. The van der Waals surface area contributed by atoms with Crippen LogP contribution in [0.4, 0.5) is 15.8 Å². The molecule has 32 heavy (non-hydrogen) atoms. The molecule has 0 aliphatic carbocycles. The van der Waals surface area contributed by atoms with Crippen molar-refractivity contribution in [2.24, 2.45) is 0 Å². The maximum Gasteiger partial charge on any atom is 0.268 e. The molecule has 2 aromatic heterocycles. The number of carbonyl (C=O) groups excluding carboxylic acids is 1. The number of aromatic nitrogens is 1. The van der Waals surface area contributed by atoms with Gasteiger partial charge in [0.2, 0.25) is 0 Å². The summed E-state index contributed by atoms with van der Waals surface area (Å²) < 4.78 is 14.1. The molecule has 4 aromatic rings. The molecule has 0 spiro atoms. The van der Waals surface area contributed by atoms with E-state index >= 15 is 0 Å². The van der Waals surface area contributed by atoms with Crippen molar-refractivity contribution < 1.29 is 9.18 Å². The van der Waals surface area contributed by atoms with Gasteiger partial charge in [0.1, 0.15) is 15.5 Å². The Balaban J connectivity index is 1.69. The highest BCUT2D eigenvalue weighted by Gasteiger charge is 2.27. The van der Waals surface area contributed by atoms with Gasteiger partial charge in [-0.25, -0.2) is 9.37 Å². The molecule has 3 heterocycles. The van der Waals surface area contributed by atoms with Crippen molar-refractivity contribution in [3.8, 4) is 11.1 Å². The molecule has 0 unspecified atom stereocenters. The van der Waals surface area contributed by atoms with Crippen LogP contribution in [-0.4, -0.2) is 29.4 Å². The van der Waals surface area contributed by atoms with Crippen molar-refractivity contribution in [2.75, 3.05) is 24.6 Å². The van der Waals surface area contributed by atoms with Crippen molar-refractivity contribution in [3.05, 3.63) is 75.5 Å². The molecule has 3 N–H and O–H groups in total. The Bertz CT molecular complexity index is 1350. The highest BCUT2D eigenvalue weighted by Crippen LogP contribution is 2.43. The Morgan fingerprint density at radius 1 is 1.22 bits per heavy atom. The first-order chi connectivity index (χ1) is 15.4. The fourth-order valence-electron chi connectivity index (χ4n) is 4.11. The molecular formula is C24H20ClFN4OS. The number of para-hydroxylation sites is 1. The molecule has 0 atom stereocenters. The van der Waals surface area contributed by atoms with E-state index in [1.54, 1.807) is 12.1 Å². The summed E-state index contributed by atoms with van der Waals surface area (Å²) in [5, 5.41) is 4.04. The van der Waals surface area contributed by atoms with Crippen molar-refractivity contribution in [2.45, 2.75) is 13.0 Å². The maximum atomic E-state index is 14.1. The average molecular weight is 467 g/mol. The summed E-state index contributed by atoms with van der Waals surface area (Å²) in [7, 11) is 2.07. The molecule has 1 amide bonds. The van der Waals surface area contributed by atoms with Crippen LogP contribution in [-0.2, 0) is 13.0 Å². The zero-order valence-corrected chi connectivity index (χ0v) is 18.9. The maximum absolute atomic E-state index is 14.1. The lowest BCUT2D eigenvalue weighted by Gasteiger charge is -2.27. The number of thiophene rings is 1. The number of rotatable bonds is 3. The van der Waals surface area contributed by atoms with Gasteiger partial charge in [-0.2, -0.15) is 0 Å². The number of hydrogen-bond acceptors (Lipinski definition) is 5. The molecule has 5 nitrogen and oxygen atoms in total. The zero-order chi connectivity index (χ0) is 22.4. The number of nitrogens with two attached hydrogens (primary N) is 1. The molecule has 2 aromatic carbocycles. The van der Waals surface area contributed by atoms with Gasteiger partial charge >= 0.3 is 0 Å². The van der Waals surface area contributed by atoms with Crippen molar-refractivity contribution >= 4 is 50.4 Å². The van der Waals surface area contributed by atoms with Crippen LogP contribution in [0.1, 0.15) is 20.9 Å². The van der Waals surface area contributed by atoms with E-state index in [0.29, 0.717) is 20.4 Å². The molecule has 1 aliphatic rings. The molecule has 8 heteroatoms. The summed E-state index contributed by atoms with van der Waals surface area (Å²) in [5.41, 5.74) is 11.1. The van der Waals surface area contributed by atoms with Crippen LogP contribution in [0.15, 0.2) is 48.5 Å². The molecule has 162 valence electrons. The van der Waals surface area contributed by atoms with Gasteiger partial charge < -0.3 is 16.0 Å². The third-order valence-electron chi connectivity index (χ3n) is 5.68. The Labute approximate surface area is 193 Å². The van der Waals surface area contributed by atoms with Crippen LogP contribution in [0.3, 0.4) is 0 Å². The van der Waals surface area contributed by atoms with Crippen LogP contribution in [0.25, 0.3) is 21.3 Å². The Kier molecular flexibility index (Phi) is 5.33. The van der Waals surface area contributed by atoms with Crippen molar-refractivity contribution in [3.63, 3.8) is 0 Å². The highest BCUT2D eigenvalue weighted by atomic mass is 35.5. The number of anilines is 2. The van der Waals surface area contributed by atoms with Gasteiger partial charge in [0.15, 0.2) is 0 Å². The van der Waals surface area contributed by atoms with Crippen LogP contribution in [0.2, 0.25) is 5.02 Å². The highest BCUT2D eigenvalue weighted by molar-refractivity contribution is 7.21. The molecule has 0 saturated heterocycles. The number of halogens is 2. The number of amides is 1. The van der Waals surface area contributed by atoms with Crippen LogP contribution in [0, 0.1) is 5.82 Å². The first kappa shape index (κ1) is 20.9. The van der Waals surface area contributed by atoms with E-state index in [4.69, 9.17) is 22.3 Å². The minimum Gasteiger partial charge on any atom is -0.397 e. The zero-order valence-electron chi connectivity index (χ0n) is 17.3. The fourth-order valence-corrected chi connectivity index (χ4v) is 5.25. The lowest BCUT2D eigenvalue weighted by Crippen LogP contribution is -2.27. The first-order valence-corrected chi connectivity index (χ1v) is 11.4. The average Bonchev–Trinajstić information content (AvgIpc) is 3.11. The summed E-state index contributed by atoms with van der Waals surface area (Å²) in [6, 6.07) is 13.7. The van der Waals surface area contributed by atoms with E-state index < -0.39 is 11.7 Å². The van der Waals surface area contributed by atoms with Crippen LogP contribution < -0.4 is 11.1 Å². The van der Waals surface area contributed by atoms with E-state index in [1.165, 1.54) is 23.5 Å². The van der Waals surface area contributed by atoms with Gasteiger partial charge in [0.25, 0.3) is 5.91 Å². The van der Waals surface area contributed by atoms with E-state index in [-0.39, 0.29) is 5.69 Å². The molecule has 1 aliphatic heterocycles. The normalized spacial score (nSPS) is 13.8. The summed E-state index contributed by atoms with van der Waals surface area (Å²) in [6.07, 6.45) is 0.816. The van der Waals surface area contributed by atoms with Gasteiger partial charge in [-0.15, -0.1) is 11.3 Å². The number of fused-ring (bicyclic) bond motifs is 2. The van der Waals surface area contributed by atoms with Gasteiger partial charge in [-0.3, -0.25) is 4.79 Å². The predicted molar refractivity (Wildman–Crippen MR) is 129 cm³/mol. The van der Waals surface area contributed by atoms with Crippen molar-refractivity contribution in [1.82, 2.24) is 9.88 Å². The summed E-state index contributed by atoms with van der Waals surface area (Å²) >= 11 is 7.36. The number of pyridine rings is 1. The number of nitrogen functional groups attached to an aromatic ring is 1. The Morgan fingerprint density at radius 3 is 2.72 bits per heavy atom. The smallest absolute Gasteiger partial charge is 0.268 e. The van der Waals surface area contributed by atoms with Gasteiger partial charge in [0.05, 0.1) is 11.4 Å². The van der Waals surface area contributed by atoms with Crippen LogP contribution >= 0.6 is 22.9 Å². The molecule has 0 saturated carbocycles. The SMILES string of the molecule is CN1CCc2nc3sc(C(=O)Nc4ccccc4F)c(N)c3c(-c3ccc(Cl)cc3)c2C1. The summed E-state index contributed by atoms with van der Waals surface area (Å²) in [4.78, 5) is 21.2. The second kappa shape index (κ2) is 8.16. The molecule has 0 fully saturated rings. The molecule has 0 radical (unpaired) electrons. The predicted octanol–water partition coefficient (Wildman–Crippen LogP) is 5.58. The second-order valence-electron chi connectivity index (χ2n) is 7.87. The minimum atomic E-state index is -0.501. The quantitative estimate of drug-likeness (QED) is 0.413. The monoisotopic (exact) mass is 466 g/mol. The number of nitrogens with one attached hydrogen (secondary N) is 1. The van der Waals surface area contributed by atoms with Gasteiger partial charge in [-0.1, -0.05) is 35.9 Å². The first-order valence-electron chi connectivity index (χ1n) is 10.2. The summed E-state index contributed by atoms with van der Waals surface area (Å²) in [6.45, 7) is 1.65. The van der Waals surface area contributed by atoms with E-state index in [9.17, 15) is 9.18 Å². The van der Waals surface area contributed by atoms with Gasteiger partial charge in [0, 0.05) is 41.2 Å². The fraction of sp³-hybridized carbons (Fsp3) is 0.167. The Hall–Kier alpha value is -3.00. The standard InChI is InChI=1S/C24H20ClFN4OS/c1-30-11-10-17-15(12-30)19(13-6-8-14(25)9-7-13)20-21(27)22(32-24(20)29-17)23(31)28-18-5-3-2-4-16(18)26/h2-9H,10-12,27H2,1H3,(H,28,31). The summed E-state index contributed by atoms with van der Waals surface area (Å²) in [5.74, 6) is -0.952. The molecule has 0 bridgehead atoms. The molecule has 5 rings (SSSR count). The van der Waals surface area contributed by atoms with Crippen molar-refractivity contribution in [1.29, 1.82) is 0 Å². The van der Waals surface area contributed by atoms with E-state index in [0.717, 1.165) is 47.3 Å². The number of carbonyl (C=O) groups is 1. The topological polar surface area (TPSA) is 71.2 Å². The van der Waals surface area contributed by atoms with E-state index in [2.05, 4.69) is 17.3 Å². The number of likely N-dealkylation sites (N-methyl/N-ethyl adjacent to an activating group) is 1. The number of nitrogens with zero attached hydrogens (tertiary/aromatic N) is 2. The third kappa shape index (κ3) is 3.62.